The third kappa shape index (κ3) is 2.11. The summed E-state index contributed by atoms with van der Waals surface area (Å²) in [7, 11) is 1.36. The van der Waals surface area contributed by atoms with Crippen LogP contribution in [0.3, 0.4) is 0 Å². The Morgan fingerprint density at radius 2 is 2.33 bits per heavy atom. The molecule has 15 heavy (non-hydrogen) atoms. The number of halogens is 1. The van der Waals surface area contributed by atoms with Crippen LogP contribution < -0.4 is 0 Å². The molecule has 0 aromatic carbocycles. The lowest BCUT2D eigenvalue weighted by atomic mass is 10.3. The van der Waals surface area contributed by atoms with Crippen molar-refractivity contribution in [3.05, 3.63) is 27.1 Å². The highest BCUT2D eigenvalue weighted by molar-refractivity contribution is 9.10. The molecular formula is C9H6BrNO2S2. The normalized spacial score (nSPS) is 10.3. The highest BCUT2D eigenvalue weighted by Crippen LogP contribution is 2.34. The number of esters is 1. The van der Waals surface area contributed by atoms with Gasteiger partial charge in [-0.2, -0.15) is 0 Å². The smallest absolute Gasteiger partial charge is 0.358 e. The Kier molecular flexibility index (Phi) is 3.18. The Labute approximate surface area is 103 Å². The first-order valence-corrected chi connectivity index (χ1v) is 6.54. The molecule has 0 aliphatic carbocycles. The van der Waals surface area contributed by atoms with Crippen LogP contribution in [0.25, 0.3) is 9.75 Å². The van der Waals surface area contributed by atoms with Gasteiger partial charge in [0.15, 0.2) is 5.69 Å². The van der Waals surface area contributed by atoms with E-state index in [1.807, 2.05) is 11.4 Å². The van der Waals surface area contributed by atoms with Gasteiger partial charge in [-0.05, 0) is 22.0 Å². The molecule has 0 spiro atoms. The average molecular weight is 304 g/mol. The lowest BCUT2D eigenvalue weighted by Crippen LogP contribution is -2.02. The molecule has 0 amide bonds. The summed E-state index contributed by atoms with van der Waals surface area (Å²) in [4.78, 5) is 17.3. The fraction of sp³-hybridized carbons (Fsp3) is 0.111. The Hall–Kier alpha value is -0.720. The third-order valence-electron chi connectivity index (χ3n) is 1.74. The zero-order chi connectivity index (χ0) is 10.8. The van der Waals surface area contributed by atoms with Gasteiger partial charge in [0.1, 0.15) is 0 Å². The zero-order valence-corrected chi connectivity index (χ0v) is 10.9. The molecule has 2 aromatic heterocycles. The maximum absolute atomic E-state index is 11.4. The molecule has 0 bridgehead atoms. The topological polar surface area (TPSA) is 39.2 Å². The minimum atomic E-state index is -0.393. The fourth-order valence-electron chi connectivity index (χ4n) is 1.10. The Bertz CT molecular complexity index is 492. The van der Waals surface area contributed by atoms with Crippen LogP contribution in [0, 0.1) is 0 Å². The van der Waals surface area contributed by atoms with Gasteiger partial charge >= 0.3 is 5.97 Å². The summed E-state index contributed by atoms with van der Waals surface area (Å²) in [5, 5.41) is 1.97. The monoisotopic (exact) mass is 303 g/mol. The molecule has 0 aliphatic rings. The third-order valence-corrected chi connectivity index (χ3v) is 4.44. The summed E-state index contributed by atoms with van der Waals surface area (Å²) in [5.41, 5.74) is 2.03. The molecule has 2 rings (SSSR count). The number of thiophene rings is 1. The molecule has 0 atom stereocenters. The van der Waals surface area contributed by atoms with Crippen molar-refractivity contribution >= 4 is 44.6 Å². The summed E-state index contributed by atoms with van der Waals surface area (Å²) in [6, 6.07) is 1.96. The second kappa shape index (κ2) is 4.42. The summed E-state index contributed by atoms with van der Waals surface area (Å²) in [6.07, 6.45) is 0. The van der Waals surface area contributed by atoms with E-state index in [1.165, 1.54) is 18.4 Å². The number of nitrogens with zero attached hydrogens (tertiary/aromatic N) is 1. The maximum Gasteiger partial charge on any atom is 0.358 e. The number of carbonyl (C=O) groups is 1. The number of rotatable bonds is 2. The van der Waals surface area contributed by atoms with Gasteiger partial charge in [0.25, 0.3) is 0 Å². The van der Waals surface area contributed by atoms with E-state index in [1.54, 1.807) is 16.8 Å². The van der Waals surface area contributed by atoms with Crippen LogP contribution >= 0.6 is 38.6 Å². The molecular weight excluding hydrogens is 298 g/mol. The number of hydrogen-bond donors (Lipinski definition) is 0. The molecule has 0 aliphatic heterocycles. The van der Waals surface area contributed by atoms with Crippen molar-refractivity contribution in [3.8, 4) is 9.75 Å². The predicted molar refractivity (Wildman–Crippen MR) is 64.5 cm³/mol. The van der Waals surface area contributed by atoms with E-state index in [4.69, 9.17) is 0 Å². The Morgan fingerprint density at radius 1 is 1.53 bits per heavy atom. The summed E-state index contributed by atoms with van der Waals surface area (Å²) in [5.74, 6) is -0.393. The number of hydrogen-bond acceptors (Lipinski definition) is 5. The summed E-state index contributed by atoms with van der Waals surface area (Å²) < 4.78 is 5.67. The minimum Gasteiger partial charge on any atom is -0.464 e. The van der Waals surface area contributed by atoms with Crippen LogP contribution in [0.1, 0.15) is 10.5 Å². The number of carbonyl (C=O) groups excluding carboxylic acids is 1. The highest BCUT2D eigenvalue weighted by Gasteiger charge is 2.17. The number of aromatic nitrogens is 1. The first-order chi connectivity index (χ1) is 7.22. The summed E-state index contributed by atoms with van der Waals surface area (Å²) in [6.45, 7) is 0. The first-order valence-electron chi connectivity index (χ1n) is 3.98. The molecule has 3 nitrogen and oxygen atoms in total. The van der Waals surface area contributed by atoms with Crippen molar-refractivity contribution in [1.29, 1.82) is 0 Å². The second-order valence-electron chi connectivity index (χ2n) is 2.65. The van der Waals surface area contributed by atoms with Crippen LogP contribution in [0.2, 0.25) is 0 Å². The molecule has 0 N–H and O–H groups in total. The van der Waals surface area contributed by atoms with Gasteiger partial charge in [-0.1, -0.05) is 0 Å². The predicted octanol–water partition coefficient (Wildman–Crippen LogP) is 3.42. The molecule has 0 saturated heterocycles. The van der Waals surface area contributed by atoms with E-state index in [9.17, 15) is 4.79 Å². The van der Waals surface area contributed by atoms with E-state index < -0.39 is 5.97 Å². The van der Waals surface area contributed by atoms with Crippen LogP contribution in [0.5, 0.6) is 0 Å². The molecule has 2 heterocycles. The van der Waals surface area contributed by atoms with Crippen LogP contribution in [-0.2, 0) is 4.74 Å². The van der Waals surface area contributed by atoms with E-state index in [2.05, 4.69) is 25.7 Å². The van der Waals surface area contributed by atoms with Crippen LogP contribution in [-0.4, -0.2) is 18.1 Å². The number of ether oxygens (including phenoxy) is 1. The van der Waals surface area contributed by atoms with Crippen LogP contribution in [0.15, 0.2) is 21.4 Å². The molecule has 0 unspecified atom stereocenters. The van der Waals surface area contributed by atoms with Gasteiger partial charge in [0, 0.05) is 14.7 Å². The number of thiazole rings is 1. The molecule has 0 radical (unpaired) electrons. The van der Waals surface area contributed by atoms with E-state index in [-0.39, 0.29) is 0 Å². The van der Waals surface area contributed by atoms with Crippen molar-refractivity contribution in [2.45, 2.75) is 0 Å². The number of methoxy groups -OCH3 is 1. The summed E-state index contributed by atoms with van der Waals surface area (Å²) >= 11 is 6.38. The van der Waals surface area contributed by atoms with Gasteiger partial charge in [-0.15, -0.1) is 22.7 Å². The quantitative estimate of drug-likeness (QED) is 0.798. The van der Waals surface area contributed by atoms with Gasteiger partial charge in [0.2, 0.25) is 0 Å². The average Bonchev–Trinajstić information content (AvgIpc) is 2.84. The molecule has 0 fully saturated rings. The minimum absolute atomic E-state index is 0.386. The van der Waals surface area contributed by atoms with Crippen molar-refractivity contribution in [1.82, 2.24) is 4.98 Å². The molecule has 6 heteroatoms. The van der Waals surface area contributed by atoms with Crippen molar-refractivity contribution in [2.75, 3.05) is 7.11 Å². The second-order valence-corrected chi connectivity index (χ2v) is 5.33. The lowest BCUT2D eigenvalue weighted by Gasteiger charge is -1.97. The Balaban J connectivity index is 2.45. The van der Waals surface area contributed by atoms with Gasteiger partial charge in [-0.3, -0.25) is 0 Å². The lowest BCUT2D eigenvalue weighted by molar-refractivity contribution is 0.0596. The van der Waals surface area contributed by atoms with Crippen molar-refractivity contribution < 1.29 is 9.53 Å². The fourth-order valence-corrected chi connectivity index (χ4v) is 3.44. The van der Waals surface area contributed by atoms with E-state index >= 15 is 0 Å². The van der Waals surface area contributed by atoms with E-state index in [0.29, 0.717) is 5.69 Å². The molecule has 0 saturated carbocycles. The standard InChI is InChI=1S/C9H6BrNO2S2/c1-13-9(12)7-8(15-4-11-7)6-2-5(10)3-14-6/h2-4H,1H3. The van der Waals surface area contributed by atoms with Gasteiger partial charge in [-0.25, -0.2) is 9.78 Å². The SMILES string of the molecule is COC(=O)c1ncsc1-c1cc(Br)cs1. The van der Waals surface area contributed by atoms with Crippen molar-refractivity contribution in [2.24, 2.45) is 0 Å². The van der Waals surface area contributed by atoms with Crippen LogP contribution in [0.4, 0.5) is 0 Å². The molecule has 2 aromatic rings. The first kappa shape index (κ1) is 10.8. The van der Waals surface area contributed by atoms with E-state index in [0.717, 1.165) is 14.2 Å². The van der Waals surface area contributed by atoms with Crippen molar-refractivity contribution in [3.63, 3.8) is 0 Å². The van der Waals surface area contributed by atoms with Gasteiger partial charge in [0.05, 0.1) is 17.5 Å². The molecule has 78 valence electrons. The largest absolute Gasteiger partial charge is 0.464 e. The highest BCUT2D eigenvalue weighted by atomic mass is 79.9. The maximum atomic E-state index is 11.4. The zero-order valence-electron chi connectivity index (χ0n) is 7.69. The van der Waals surface area contributed by atoms with Gasteiger partial charge < -0.3 is 4.74 Å². The Morgan fingerprint density at radius 3 is 2.93 bits per heavy atom.